The minimum Gasteiger partial charge on any atom is -0.507 e. The van der Waals surface area contributed by atoms with Gasteiger partial charge in [0, 0.05) is 5.56 Å². The number of carbonyl (C=O) groups excluding carboxylic acids is 2. The second kappa shape index (κ2) is 3.81. The third-order valence-electron chi connectivity index (χ3n) is 2.42. The Hall–Kier alpha value is -2.10. The van der Waals surface area contributed by atoms with Crippen molar-refractivity contribution in [2.45, 2.75) is 6.92 Å². The highest BCUT2D eigenvalue weighted by molar-refractivity contribution is 6.43. The molecule has 0 bridgehead atoms. The molecule has 0 unspecified atom stereocenters. The molecule has 1 aliphatic rings. The van der Waals surface area contributed by atoms with Gasteiger partial charge in [0.1, 0.15) is 12.4 Å². The van der Waals surface area contributed by atoms with Gasteiger partial charge in [0.25, 0.3) is 5.78 Å². The smallest absolute Gasteiger partial charge is 0.379 e. The molecule has 0 amide bonds. The van der Waals surface area contributed by atoms with Crippen LogP contribution in [-0.2, 0) is 14.3 Å². The molecule has 4 nitrogen and oxygen atoms in total. The summed E-state index contributed by atoms with van der Waals surface area (Å²) in [4.78, 5) is 22.2. The number of aryl methyl sites for hydroxylation is 1. The summed E-state index contributed by atoms with van der Waals surface area (Å²) in [7, 11) is 0. The van der Waals surface area contributed by atoms with Crippen LogP contribution in [0.5, 0.6) is 0 Å². The fraction of sp³-hybridized carbons (Fsp3) is 0.167. The fourth-order valence-electron chi connectivity index (χ4n) is 1.45. The van der Waals surface area contributed by atoms with Crippen LogP contribution in [0.1, 0.15) is 11.1 Å². The number of carbonyl (C=O) groups is 2. The zero-order valence-electron chi connectivity index (χ0n) is 8.69. The predicted octanol–water partition coefficient (Wildman–Crippen LogP) is 1.39. The van der Waals surface area contributed by atoms with Crippen molar-refractivity contribution >= 4 is 17.5 Å². The maximum atomic E-state index is 11.3. The van der Waals surface area contributed by atoms with E-state index in [4.69, 9.17) is 0 Å². The quantitative estimate of drug-likeness (QED) is 0.335. The Morgan fingerprint density at radius 3 is 2.38 bits per heavy atom. The zero-order valence-corrected chi connectivity index (χ0v) is 8.69. The molecule has 4 heteroatoms. The van der Waals surface area contributed by atoms with Gasteiger partial charge in [-0.15, -0.1) is 0 Å². The maximum Gasteiger partial charge on any atom is 0.379 e. The van der Waals surface area contributed by atoms with Gasteiger partial charge in [0.05, 0.1) is 5.57 Å². The number of ketones is 1. The monoisotopic (exact) mass is 218 g/mol. The van der Waals surface area contributed by atoms with E-state index in [-0.39, 0.29) is 17.9 Å². The summed E-state index contributed by atoms with van der Waals surface area (Å²) in [6.07, 6.45) is 0. The standard InChI is InChI=1S/C12H10O4/c1-7-2-4-8(5-3-7)10(13)9-6-16-12(15)11(9)14/h2-5,13H,6H2,1H3/b10-9+. The Balaban J connectivity index is 2.41. The van der Waals surface area contributed by atoms with Gasteiger partial charge in [-0.05, 0) is 6.92 Å². The van der Waals surface area contributed by atoms with Crippen molar-refractivity contribution in [1.82, 2.24) is 0 Å². The molecule has 0 atom stereocenters. The van der Waals surface area contributed by atoms with Crippen molar-refractivity contribution in [3.05, 3.63) is 41.0 Å². The lowest BCUT2D eigenvalue weighted by Gasteiger charge is -2.02. The molecule has 0 aliphatic carbocycles. The fourth-order valence-corrected chi connectivity index (χ4v) is 1.45. The van der Waals surface area contributed by atoms with E-state index in [2.05, 4.69) is 4.74 Å². The van der Waals surface area contributed by atoms with Crippen molar-refractivity contribution in [3.63, 3.8) is 0 Å². The Bertz CT molecular complexity index is 482. The van der Waals surface area contributed by atoms with Crippen LogP contribution in [0, 0.1) is 6.92 Å². The zero-order chi connectivity index (χ0) is 11.7. The Labute approximate surface area is 92.2 Å². The third kappa shape index (κ3) is 1.69. The molecular formula is C12H10O4. The largest absolute Gasteiger partial charge is 0.507 e. The number of hydrogen-bond acceptors (Lipinski definition) is 4. The van der Waals surface area contributed by atoms with E-state index in [9.17, 15) is 14.7 Å². The Kier molecular flexibility index (Phi) is 2.48. The normalized spacial score (nSPS) is 18.6. The van der Waals surface area contributed by atoms with Gasteiger partial charge in [-0.25, -0.2) is 4.79 Å². The lowest BCUT2D eigenvalue weighted by molar-refractivity contribution is -0.146. The first-order chi connectivity index (χ1) is 7.59. The number of benzene rings is 1. The van der Waals surface area contributed by atoms with Crippen LogP contribution < -0.4 is 0 Å². The van der Waals surface area contributed by atoms with Crippen LogP contribution in [0.25, 0.3) is 5.76 Å². The topological polar surface area (TPSA) is 63.6 Å². The van der Waals surface area contributed by atoms with Crippen LogP contribution in [0.3, 0.4) is 0 Å². The number of cyclic esters (lactones) is 1. The Morgan fingerprint density at radius 2 is 1.88 bits per heavy atom. The van der Waals surface area contributed by atoms with Crippen molar-refractivity contribution in [3.8, 4) is 0 Å². The van der Waals surface area contributed by atoms with Gasteiger partial charge in [0.2, 0.25) is 0 Å². The van der Waals surface area contributed by atoms with E-state index in [0.29, 0.717) is 5.56 Å². The molecule has 0 spiro atoms. The Morgan fingerprint density at radius 1 is 1.25 bits per heavy atom. The second-order valence-electron chi connectivity index (χ2n) is 3.60. The first kappa shape index (κ1) is 10.4. The number of ether oxygens (including phenoxy) is 1. The first-order valence-electron chi connectivity index (χ1n) is 4.80. The molecular weight excluding hydrogens is 208 g/mol. The van der Waals surface area contributed by atoms with E-state index in [1.54, 1.807) is 12.1 Å². The molecule has 2 rings (SSSR count). The maximum absolute atomic E-state index is 11.3. The summed E-state index contributed by atoms with van der Waals surface area (Å²) in [6.45, 7) is 1.76. The average molecular weight is 218 g/mol. The molecule has 0 radical (unpaired) electrons. The summed E-state index contributed by atoms with van der Waals surface area (Å²) in [6, 6.07) is 7.00. The average Bonchev–Trinajstić information content (AvgIpc) is 2.60. The minimum atomic E-state index is -0.909. The van der Waals surface area contributed by atoms with Crippen molar-refractivity contribution in [2.75, 3.05) is 6.61 Å². The minimum absolute atomic E-state index is 0.0221. The lowest BCUT2D eigenvalue weighted by Crippen LogP contribution is -2.07. The van der Waals surface area contributed by atoms with Gasteiger partial charge in [-0.2, -0.15) is 0 Å². The summed E-state index contributed by atoms with van der Waals surface area (Å²) in [5.41, 5.74) is 1.58. The number of hydrogen-bond donors (Lipinski definition) is 1. The molecule has 16 heavy (non-hydrogen) atoms. The van der Waals surface area contributed by atoms with Crippen molar-refractivity contribution in [1.29, 1.82) is 0 Å². The van der Waals surface area contributed by atoms with Gasteiger partial charge >= 0.3 is 5.97 Å². The first-order valence-corrected chi connectivity index (χ1v) is 4.80. The van der Waals surface area contributed by atoms with Gasteiger partial charge in [-0.1, -0.05) is 29.8 Å². The molecule has 0 aromatic heterocycles. The summed E-state index contributed by atoms with van der Waals surface area (Å²) in [5, 5.41) is 9.83. The van der Waals surface area contributed by atoms with Crippen LogP contribution in [-0.4, -0.2) is 23.5 Å². The molecule has 0 saturated carbocycles. The highest BCUT2D eigenvalue weighted by Crippen LogP contribution is 2.21. The molecule has 82 valence electrons. The van der Waals surface area contributed by atoms with Crippen LogP contribution >= 0.6 is 0 Å². The van der Waals surface area contributed by atoms with Crippen LogP contribution in [0.15, 0.2) is 29.8 Å². The summed E-state index contributed by atoms with van der Waals surface area (Å²) >= 11 is 0. The van der Waals surface area contributed by atoms with E-state index in [1.807, 2.05) is 19.1 Å². The van der Waals surface area contributed by atoms with Gasteiger partial charge in [-0.3, -0.25) is 4.79 Å². The molecule has 1 aromatic rings. The second-order valence-corrected chi connectivity index (χ2v) is 3.60. The van der Waals surface area contributed by atoms with Gasteiger partial charge < -0.3 is 9.84 Å². The van der Waals surface area contributed by atoms with Crippen LogP contribution in [0.4, 0.5) is 0 Å². The molecule has 1 N–H and O–H groups in total. The van der Waals surface area contributed by atoms with Crippen LogP contribution in [0.2, 0.25) is 0 Å². The van der Waals surface area contributed by atoms with E-state index in [0.717, 1.165) is 5.56 Å². The van der Waals surface area contributed by atoms with E-state index >= 15 is 0 Å². The molecule has 1 aliphatic heterocycles. The highest BCUT2D eigenvalue weighted by Gasteiger charge is 2.32. The molecule has 1 aromatic carbocycles. The lowest BCUT2D eigenvalue weighted by atomic mass is 10.1. The third-order valence-corrected chi connectivity index (χ3v) is 2.42. The molecule has 1 saturated heterocycles. The number of esters is 1. The van der Waals surface area contributed by atoms with E-state index in [1.165, 1.54) is 0 Å². The highest BCUT2D eigenvalue weighted by atomic mass is 16.5. The molecule has 1 heterocycles. The number of rotatable bonds is 1. The molecule has 1 fully saturated rings. The number of Topliss-reactive ketones (excluding diaryl/α,β-unsaturated/α-hetero) is 1. The van der Waals surface area contributed by atoms with E-state index < -0.39 is 11.8 Å². The number of aliphatic hydroxyl groups is 1. The SMILES string of the molecule is Cc1ccc(/C(O)=C2/COC(=O)C2=O)cc1. The number of aliphatic hydroxyl groups excluding tert-OH is 1. The summed E-state index contributed by atoms with van der Waals surface area (Å²) < 4.78 is 4.54. The van der Waals surface area contributed by atoms with Crippen molar-refractivity contribution < 1.29 is 19.4 Å². The van der Waals surface area contributed by atoms with Crippen molar-refractivity contribution in [2.24, 2.45) is 0 Å². The summed E-state index contributed by atoms with van der Waals surface area (Å²) in [5.74, 6) is -1.86. The predicted molar refractivity (Wildman–Crippen MR) is 56.7 cm³/mol. The van der Waals surface area contributed by atoms with Gasteiger partial charge in [0.15, 0.2) is 0 Å².